The van der Waals surface area contributed by atoms with Crippen molar-refractivity contribution in [1.82, 2.24) is 10.2 Å². The van der Waals surface area contributed by atoms with Crippen LogP contribution in [0.1, 0.15) is 12.8 Å². The normalized spacial score (nSPS) is 28.8. The minimum absolute atomic E-state index is 0.267. The highest BCUT2D eigenvalue weighted by Crippen LogP contribution is 2.29. The van der Waals surface area contributed by atoms with Crippen molar-refractivity contribution >= 4 is 6.09 Å². The standard InChI is InChI=1S/C12H18F4N2O4/c13-10(14)20-6-7-5-17-3-4-18(7)12(19)22-9-2-1-8(9)21-11(15)16/h7-11,17H,1-6H2/t7?,8-,9?/m0/s1. The van der Waals surface area contributed by atoms with Crippen molar-refractivity contribution < 1.29 is 36.6 Å². The van der Waals surface area contributed by atoms with Crippen molar-refractivity contribution in [1.29, 1.82) is 0 Å². The van der Waals surface area contributed by atoms with E-state index in [4.69, 9.17) is 4.74 Å². The lowest BCUT2D eigenvalue weighted by atomic mass is 9.92. The number of ether oxygens (including phenoxy) is 3. The van der Waals surface area contributed by atoms with Crippen molar-refractivity contribution in [3.63, 3.8) is 0 Å². The Bertz CT molecular complexity index is 375. The van der Waals surface area contributed by atoms with Crippen LogP contribution in [0.2, 0.25) is 0 Å². The van der Waals surface area contributed by atoms with Gasteiger partial charge in [0.1, 0.15) is 12.2 Å². The van der Waals surface area contributed by atoms with Crippen molar-refractivity contribution in [3.05, 3.63) is 0 Å². The fourth-order valence-electron chi connectivity index (χ4n) is 2.39. The summed E-state index contributed by atoms with van der Waals surface area (Å²) < 4.78 is 62.2. The molecule has 1 aliphatic carbocycles. The van der Waals surface area contributed by atoms with Crippen LogP contribution in [0.25, 0.3) is 0 Å². The lowest BCUT2D eigenvalue weighted by Crippen LogP contribution is -2.57. The van der Waals surface area contributed by atoms with E-state index in [0.717, 1.165) is 0 Å². The number of halogens is 4. The molecule has 1 heterocycles. The maximum Gasteiger partial charge on any atom is 0.410 e. The van der Waals surface area contributed by atoms with Gasteiger partial charge in [0.15, 0.2) is 0 Å². The number of nitrogens with one attached hydrogen (secondary N) is 1. The van der Waals surface area contributed by atoms with E-state index in [-0.39, 0.29) is 13.2 Å². The molecule has 2 rings (SSSR count). The Kier molecular flexibility index (Phi) is 6.21. The van der Waals surface area contributed by atoms with Gasteiger partial charge in [0, 0.05) is 19.6 Å². The van der Waals surface area contributed by atoms with Gasteiger partial charge >= 0.3 is 19.3 Å². The van der Waals surface area contributed by atoms with Crippen molar-refractivity contribution in [3.8, 4) is 0 Å². The van der Waals surface area contributed by atoms with Crippen LogP contribution in [0.15, 0.2) is 0 Å². The van der Waals surface area contributed by atoms with Crippen LogP contribution in [0.3, 0.4) is 0 Å². The average molecular weight is 330 g/mol. The Morgan fingerprint density at radius 3 is 2.50 bits per heavy atom. The second-order valence-electron chi connectivity index (χ2n) is 5.08. The molecule has 1 amide bonds. The number of carbonyl (C=O) groups is 1. The summed E-state index contributed by atoms with van der Waals surface area (Å²) in [6, 6.07) is -0.593. The number of amides is 1. The number of piperazine rings is 1. The van der Waals surface area contributed by atoms with Gasteiger partial charge in [-0.15, -0.1) is 0 Å². The van der Waals surface area contributed by atoms with Gasteiger partial charge in [-0.25, -0.2) is 4.79 Å². The zero-order chi connectivity index (χ0) is 16.1. The highest BCUT2D eigenvalue weighted by Gasteiger charge is 2.39. The highest BCUT2D eigenvalue weighted by atomic mass is 19.3. The van der Waals surface area contributed by atoms with Crippen molar-refractivity contribution in [2.24, 2.45) is 0 Å². The Balaban J connectivity index is 1.83. The van der Waals surface area contributed by atoms with E-state index in [2.05, 4.69) is 14.8 Å². The SMILES string of the molecule is O=C(OC1CC[C@@H]1OC(F)F)N1CCNCC1COC(F)F. The van der Waals surface area contributed by atoms with Gasteiger partial charge in [0.25, 0.3) is 0 Å². The van der Waals surface area contributed by atoms with Gasteiger partial charge < -0.3 is 24.4 Å². The molecule has 0 spiro atoms. The molecular weight excluding hydrogens is 312 g/mol. The average Bonchev–Trinajstić information content (AvgIpc) is 2.47. The number of hydrogen-bond acceptors (Lipinski definition) is 5. The predicted octanol–water partition coefficient (Wildman–Crippen LogP) is 1.41. The molecule has 0 aromatic carbocycles. The van der Waals surface area contributed by atoms with Crippen LogP contribution < -0.4 is 5.32 Å². The smallest absolute Gasteiger partial charge is 0.410 e. The molecule has 1 aliphatic heterocycles. The largest absolute Gasteiger partial charge is 0.443 e. The third-order valence-electron chi connectivity index (χ3n) is 3.68. The molecule has 0 bridgehead atoms. The summed E-state index contributed by atoms with van der Waals surface area (Å²) in [5, 5.41) is 2.96. The Morgan fingerprint density at radius 1 is 1.18 bits per heavy atom. The van der Waals surface area contributed by atoms with E-state index in [1.807, 2.05) is 0 Å². The lowest BCUT2D eigenvalue weighted by molar-refractivity contribution is -0.215. The molecule has 2 aliphatic rings. The Labute approximate surface area is 124 Å². The predicted molar refractivity (Wildman–Crippen MR) is 65.7 cm³/mol. The Hall–Kier alpha value is -1.13. The summed E-state index contributed by atoms with van der Waals surface area (Å²) in [5.41, 5.74) is 0. The van der Waals surface area contributed by atoms with Crippen LogP contribution >= 0.6 is 0 Å². The number of nitrogens with zero attached hydrogens (tertiary/aromatic N) is 1. The second-order valence-corrected chi connectivity index (χ2v) is 5.08. The minimum atomic E-state index is -2.92. The summed E-state index contributed by atoms with van der Waals surface area (Å²) in [6.45, 7) is -5.12. The third-order valence-corrected chi connectivity index (χ3v) is 3.68. The molecule has 2 unspecified atom stereocenters. The topological polar surface area (TPSA) is 60.0 Å². The van der Waals surface area contributed by atoms with E-state index < -0.39 is 37.6 Å². The summed E-state index contributed by atoms with van der Waals surface area (Å²) in [4.78, 5) is 13.4. The maximum absolute atomic E-state index is 12.1. The first-order valence-corrected chi connectivity index (χ1v) is 6.98. The molecule has 2 fully saturated rings. The van der Waals surface area contributed by atoms with Crippen molar-refractivity contribution in [2.45, 2.75) is 44.3 Å². The highest BCUT2D eigenvalue weighted by molar-refractivity contribution is 5.68. The summed E-state index contributed by atoms with van der Waals surface area (Å²) in [7, 11) is 0. The van der Waals surface area contributed by atoms with Crippen LogP contribution in [0.4, 0.5) is 22.4 Å². The molecule has 1 saturated carbocycles. The van der Waals surface area contributed by atoms with Crippen LogP contribution in [0.5, 0.6) is 0 Å². The third kappa shape index (κ3) is 4.68. The zero-order valence-corrected chi connectivity index (χ0v) is 11.7. The van der Waals surface area contributed by atoms with Crippen LogP contribution in [0, 0.1) is 0 Å². The number of hydrogen-bond donors (Lipinski definition) is 1. The minimum Gasteiger partial charge on any atom is -0.443 e. The van der Waals surface area contributed by atoms with E-state index >= 15 is 0 Å². The second kappa shape index (κ2) is 7.93. The van der Waals surface area contributed by atoms with E-state index in [1.54, 1.807) is 0 Å². The Morgan fingerprint density at radius 2 is 1.91 bits per heavy atom. The fourth-order valence-corrected chi connectivity index (χ4v) is 2.39. The van der Waals surface area contributed by atoms with Gasteiger partial charge in [0.05, 0.1) is 12.6 Å². The molecule has 1 N–H and O–H groups in total. The summed E-state index contributed by atoms with van der Waals surface area (Å²) >= 11 is 0. The van der Waals surface area contributed by atoms with Gasteiger partial charge in [-0.3, -0.25) is 0 Å². The molecule has 0 aromatic heterocycles. The first-order chi connectivity index (χ1) is 10.5. The van der Waals surface area contributed by atoms with E-state index in [9.17, 15) is 22.4 Å². The monoisotopic (exact) mass is 330 g/mol. The van der Waals surface area contributed by atoms with Gasteiger partial charge in [-0.05, 0) is 12.8 Å². The van der Waals surface area contributed by atoms with E-state index in [1.165, 1.54) is 4.90 Å². The first-order valence-electron chi connectivity index (χ1n) is 6.98. The number of rotatable bonds is 6. The molecule has 128 valence electrons. The maximum atomic E-state index is 12.1. The first kappa shape index (κ1) is 17.2. The molecule has 6 nitrogen and oxygen atoms in total. The molecule has 22 heavy (non-hydrogen) atoms. The molecule has 0 aromatic rings. The quantitative estimate of drug-likeness (QED) is 0.746. The van der Waals surface area contributed by atoms with Gasteiger partial charge in [-0.2, -0.15) is 17.6 Å². The summed E-state index contributed by atoms with van der Waals surface area (Å²) in [5.74, 6) is 0. The molecule has 3 atom stereocenters. The van der Waals surface area contributed by atoms with Crippen molar-refractivity contribution in [2.75, 3.05) is 26.2 Å². The number of alkyl halides is 4. The molecule has 0 radical (unpaired) electrons. The molecular formula is C12H18F4N2O4. The number of carbonyl (C=O) groups excluding carboxylic acids is 1. The fraction of sp³-hybridized carbons (Fsp3) is 0.917. The molecule has 1 saturated heterocycles. The summed E-state index contributed by atoms with van der Waals surface area (Å²) in [6.07, 6.45) is -1.44. The zero-order valence-electron chi connectivity index (χ0n) is 11.7. The lowest BCUT2D eigenvalue weighted by Gasteiger charge is -2.39. The van der Waals surface area contributed by atoms with Crippen LogP contribution in [-0.2, 0) is 14.2 Å². The van der Waals surface area contributed by atoms with E-state index in [0.29, 0.717) is 25.9 Å². The van der Waals surface area contributed by atoms with Gasteiger partial charge in [0.2, 0.25) is 0 Å². The molecule has 10 heteroatoms. The van der Waals surface area contributed by atoms with Crippen LogP contribution in [-0.4, -0.2) is 68.7 Å². The van der Waals surface area contributed by atoms with Gasteiger partial charge in [-0.1, -0.05) is 0 Å².